The number of Topliss-reactive ketones (excluding diaryl/α,β-unsaturated/α-hetero) is 1. The van der Waals surface area contributed by atoms with E-state index in [1.54, 1.807) is 49.6 Å². The molecule has 1 aliphatic heterocycles. The number of H-pyrrole nitrogens is 1. The van der Waals surface area contributed by atoms with Gasteiger partial charge in [0.2, 0.25) is 5.95 Å². The van der Waals surface area contributed by atoms with Crippen LogP contribution in [0.5, 0.6) is 17.2 Å². The standard InChI is InChI=1S/C29H27N3O6/c1-15-12-20-21(13-16(15)2)31-29(30-20)32-25(17-6-9-19(36-3)10-7-17)24(27(34)28(32)35)26(33)18-8-11-22(37-4)23(14-18)38-5/h6-14,25,33H,1-5H3,(H,30,31)/b26-24+. The normalized spacial score (nSPS) is 16.8. The van der Waals surface area contributed by atoms with Crippen molar-refractivity contribution < 1.29 is 28.9 Å². The number of methoxy groups -OCH3 is 3. The van der Waals surface area contributed by atoms with E-state index in [4.69, 9.17) is 14.2 Å². The molecule has 38 heavy (non-hydrogen) atoms. The van der Waals surface area contributed by atoms with Crippen LogP contribution >= 0.6 is 0 Å². The number of aliphatic hydroxyl groups is 1. The fourth-order valence-electron chi connectivity index (χ4n) is 4.66. The summed E-state index contributed by atoms with van der Waals surface area (Å²) >= 11 is 0. The lowest BCUT2D eigenvalue weighted by Gasteiger charge is -2.23. The first kappa shape index (κ1) is 24.9. The number of aromatic nitrogens is 2. The number of aliphatic hydroxyl groups excluding tert-OH is 1. The number of amides is 1. The number of rotatable bonds is 6. The molecule has 0 saturated carbocycles. The summed E-state index contributed by atoms with van der Waals surface area (Å²) in [5.74, 6) is -0.319. The van der Waals surface area contributed by atoms with Gasteiger partial charge in [0.05, 0.1) is 44.0 Å². The fourth-order valence-corrected chi connectivity index (χ4v) is 4.66. The SMILES string of the molecule is COc1ccc(C2/C(=C(\O)c3ccc(OC)c(OC)c3)C(=O)C(=O)N2c2nc3cc(C)c(C)cc3[nH]2)cc1. The van der Waals surface area contributed by atoms with Gasteiger partial charge in [0, 0.05) is 5.56 Å². The third-order valence-electron chi connectivity index (χ3n) is 6.85. The molecule has 1 unspecified atom stereocenters. The molecule has 1 amide bonds. The molecule has 1 atom stereocenters. The van der Waals surface area contributed by atoms with E-state index in [-0.39, 0.29) is 17.3 Å². The second kappa shape index (κ2) is 9.59. The number of nitrogens with one attached hydrogen (secondary N) is 1. The van der Waals surface area contributed by atoms with Gasteiger partial charge in [-0.15, -0.1) is 0 Å². The van der Waals surface area contributed by atoms with Crippen molar-refractivity contribution in [1.82, 2.24) is 9.97 Å². The zero-order chi connectivity index (χ0) is 27.1. The van der Waals surface area contributed by atoms with Crippen LogP contribution in [0.4, 0.5) is 5.95 Å². The van der Waals surface area contributed by atoms with Gasteiger partial charge in [-0.05, 0) is 73.0 Å². The Kier molecular flexibility index (Phi) is 6.28. The van der Waals surface area contributed by atoms with Crippen molar-refractivity contribution in [3.05, 3.63) is 82.4 Å². The second-order valence-electron chi connectivity index (χ2n) is 9.03. The monoisotopic (exact) mass is 513 g/mol. The lowest BCUT2D eigenvalue weighted by atomic mass is 9.95. The van der Waals surface area contributed by atoms with Crippen LogP contribution in [0.3, 0.4) is 0 Å². The Morgan fingerprint density at radius 3 is 2.24 bits per heavy atom. The molecule has 1 aromatic heterocycles. The highest BCUT2D eigenvalue weighted by Gasteiger charge is 2.48. The van der Waals surface area contributed by atoms with Gasteiger partial charge >= 0.3 is 5.91 Å². The van der Waals surface area contributed by atoms with Crippen molar-refractivity contribution >= 4 is 34.4 Å². The minimum Gasteiger partial charge on any atom is -0.507 e. The van der Waals surface area contributed by atoms with Gasteiger partial charge in [-0.1, -0.05) is 12.1 Å². The Hall–Kier alpha value is -4.79. The first-order valence-electron chi connectivity index (χ1n) is 11.9. The Morgan fingerprint density at radius 2 is 1.58 bits per heavy atom. The fraction of sp³-hybridized carbons (Fsp3) is 0.207. The average molecular weight is 514 g/mol. The highest BCUT2D eigenvalue weighted by Crippen LogP contribution is 2.43. The number of fused-ring (bicyclic) bond motifs is 1. The van der Waals surface area contributed by atoms with Crippen molar-refractivity contribution in [2.24, 2.45) is 0 Å². The smallest absolute Gasteiger partial charge is 0.302 e. The molecule has 9 nitrogen and oxygen atoms in total. The number of anilines is 1. The van der Waals surface area contributed by atoms with Crippen LogP contribution in [0.15, 0.2) is 60.2 Å². The molecule has 4 aromatic rings. The molecule has 2 heterocycles. The van der Waals surface area contributed by atoms with E-state index in [9.17, 15) is 14.7 Å². The number of hydrogen-bond donors (Lipinski definition) is 2. The van der Waals surface area contributed by atoms with Crippen molar-refractivity contribution in [3.8, 4) is 17.2 Å². The van der Waals surface area contributed by atoms with Crippen LogP contribution in [0.25, 0.3) is 16.8 Å². The molecule has 194 valence electrons. The van der Waals surface area contributed by atoms with Crippen LogP contribution in [0, 0.1) is 13.8 Å². The van der Waals surface area contributed by atoms with Crippen molar-refractivity contribution in [1.29, 1.82) is 0 Å². The van der Waals surface area contributed by atoms with E-state index in [2.05, 4.69) is 9.97 Å². The van der Waals surface area contributed by atoms with Gasteiger partial charge in [0.25, 0.3) is 5.78 Å². The minimum absolute atomic E-state index is 0.0693. The Bertz CT molecular complexity index is 1560. The van der Waals surface area contributed by atoms with E-state index in [0.717, 1.165) is 16.6 Å². The van der Waals surface area contributed by atoms with Crippen LogP contribution in [0.1, 0.15) is 28.3 Å². The van der Waals surface area contributed by atoms with E-state index in [0.29, 0.717) is 33.9 Å². The maximum atomic E-state index is 13.5. The van der Waals surface area contributed by atoms with Crippen molar-refractivity contribution in [2.75, 3.05) is 26.2 Å². The number of aromatic amines is 1. The maximum Gasteiger partial charge on any atom is 0.302 e. The lowest BCUT2D eigenvalue weighted by Crippen LogP contribution is -2.30. The number of nitrogens with zero attached hydrogens (tertiary/aromatic N) is 2. The van der Waals surface area contributed by atoms with E-state index < -0.39 is 17.7 Å². The van der Waals surface area contributed by atoms with Gasteiger partial charge in [-0.3, -0.25) is 14.5 Å². The largest absolute Gasteiger partial charge is 0.507 e. The highest BCUT2D eigenvalue weighted by atomic mass is 16.5. The Labute approximate surface area is 219 Å². The summed E-state index contributed by atoms with van der Waals surface area (Å²) in [5.41, 5.74) is 4.35. The molecule has 0 aliphatic carbocycles. The summed E-state index contributed by atoms with van der Waals surface area (Å²) in [6.07, 6.45) is 0. The summed E-state index contributed by atoms with van der Waals surface area (Å²) in [6.45, 7) is 3.97. The third-order valence-corrected chi connectivity index (χ3v) is 6.85. The molecule has 3 aromatic carbocycles. The maximum absolute atomic E-state index is 13.5. The van der Waals surface area contributed by atoms with Gasteiger partial charge < -0.3 is 24.3 Å². The number of carbonyl (C=O) groups excluding carboxylic acids is 2. The van der Waals surface area contributed by atoms with Crippen molar-refractivity contribution in [2.45, 2.75) is 19.9 Å². The molecule has 1 saturated heterocycles. The third kappa shape index (κ3) is 4.02. The van der Waals surface area contributed by atoms with E-state index in [1.165, 1.54) is 19.1 Å². The number of carbonyl (C=O) groups is 2. The molecular weight excluding hydrogens is 486 g/mol. The van der Waals surface area contributed by atoms with Crippen LogP contribution < -0.4 is 19.1 Å². The van der Waals surface area contributed by atoms with Gasteiger partial charge in [-0.2, -0.15) is 0 Å². The average Bonchev–Trinajstić information content (AvgIpc) is 3.45. The number of ketones is 1. The van der Waals surface area contributed by atoms with Gasteiger partial charge in [0.1, 0.15) is 11.5 Å². The van der Waals surface area contributed by atoms with Gasteiger partial charge in [-0.25, -0.2) is 4.98 Å². The number of aryl methyl sites for hydroxylation is 2. The Morgan fingerprint density at radius 1 is 0.895 bits per heavy atom. The predicted octanol–water partition coefficient (Wildman–Crippen LogP) is 4.83. The summed E-state index contributed by atoms with van der Waals surface area (Å²) in [4.78, 5) is 36.1. The van der Waals surface area contributed by atoms with Gasteiger partial charge in [0.15, 0.2) is 11.5 Å². The van der Waals surface area contributed by atoms with E-state index in [1.807, 2.05) is 26.0 Å². The predicted molar refractivity (Wildman–Crippen MR) is 143 cm³/mol. The molecule has 0 radical (unpaired) electrons. The number of imidazole rings is 1. The molecule has 1 fully saturated rings. The van der Waals surface area contributed by atoms with Crippen LogP contribution in [-0.4, -0.2) is 48.1 Å². The van der Waals surface area contributed by atoms with Crippen molar-refractivity contribution in [3.63, 3.8) is 0 Å². The quantitative estimate of drug-likeness (QED) is 0.216. The highest BCUT2D eigenvalue weighted by molar-refractivity contribution is 6.51. The topological polar surface area (TPSA) is 114 Å². The summed E-state index contributed by atoms with van der Waals surface area (Å²) in [5, 5.41) is 11.4. The molecule has 2 N–H and O–H groups in total. The first-order chi connectivity index (χ1) is 18.3. The number of benzene rings is 3. The van der Waals surface area contributed by atoms with E-state index >= 15 is 0 Å². The summed E-state index contributed by atoms with van der Waals surface area (Å²) in [7, 11) is 4.53. The first-order valence-corrected chi connectivity index (χ1v) is 11.9. The van der Waals surface area contributed by atoms with Crippen LogP contribution in [0.2, 0.25) is 0 Å². The second-order valence-corrected chi connectivity index (χ2v) is 9.03. The molecule has 1 aliphatic rings. The Balaban J connectivity index is 1.72. The number of hydrogen-bond acceptors (Lipinski definition) is 7. The summed E-state index contributed by atoms with van der Waals surface area (Å²) in [6, 6.07) is 14.7. The van der Waals surface area contributed by atoms with Crippen LogP contribution in [-0.2, 0) is 9.59 Å². The molecule has 9 heteroatoms. The molecule has 0 bridgehead atoms. The number of ether oxygens (including phenoxy) is 3. The lowest BCUT2D eigenvalue weighted by molar-refractivity contribution is -0.132. The zero-order valence-corrected chi connectivity index (χ0v) is 21.7. The minimum atomic E-state index is -0.947. The zero-order valence-electron chi connectivity index (χ0n) is 21.7. The summed E-state index contributed by atoms with van der Waals surface area (Å²) < 4.78 is 15.9. The molecule has 5 rings (SSSR count). The molecule has 0 spiro atoms. The molecular formula is C29H27N3O6.